The lowest BCUT2D eigenvalue weighted by atomic mass is 10.1. The number of benzene rings is 2. The third-order valence-electron chi connectivity index (χ3n) is 4.58. The molecule has 2 aromatic carbocycles. The number of fused-ring (bicyclic) bond motifs is 2. The summed E-state index contributed by atoms with van der Waals surface area (Å²) < 4.78 is 10.6. The van der Waals surface area contributed by atoms with Crippen molar-refractivity contribution in [3.8, 4) is 11.5 Å². The summed E-state index contributed by atoms with van der Waals surface area (Å²) in [5, 5.41) is 15.7. The number of anilines is 1. The van der Waals surface area contributed by atoms with E-state index in [2.05, 4.69) is 10.3 Å². The number of carbonyl (C=O) groups is 2. The van der Waals surface area contributed by atoms with Crippen LogP contribution in [-0.4, -0.2) is 35.2 Å². The van der Waals surface area contributed by atoms with Gasteiger partial charge in [0.25, 0.3) is 18.1 Å². The third-order valence-corrected chi connectivity index (χ3v) is 4.58. The van der Waals surface area contributed by atoms with Gasteiger partial charge in [-0.15, -0.1) is 0 Å². The molecule has 2 heterocycles. The third kappa shape index (κ3) is 4.29. The fourth-order valence-electron chi connectivity index (χ4n) is 3.17. The zero-order valence-electron chi connectivity index (χ0n) is 16.0. The molecule has 0 atom stereocenters. The molecule has 3 aromatic rings. The van der Waals surface area contributed by atoms with E-state index in [9.17, 15) is 24.5 Å². The van der Waals surface area contributed by atoms with Crippen molar-refractivity contribution in [2.45, 2.75) is 6.42 Å². The summed E-state index contributed by atoms with van der Waals surface area (Å²) in [7, 11) is 0. The number of pyridine rings is 1. The van der Waals surface area contributed by atoms with Crippen LogP contribution in [0.4, 0.5) is 5.69 Å². The van der Waals surface area contributed by atoms with Gasteiger partial charge in [0.2, 0.25) is 12.7 Å². The molecule has 1 aliphatic heterocycles. The number of aromatic amines is 1. The van der Waals surface area contributed by atoms with Crippen molar-refractivity contribution in [2.75, 3.05) is 18.8 Å². The first-order valence-electron chi connectivity index (χ1n) is 9.15. The minimum absolute atomic E-state index is 0.0621. The van der Waals surface area contributed by atoms with Crippen LogP contribution in [-0.2, 0) is 11.2 Å². The molecular formula is C20H16N4O7. The van der Waals surface area contributed by atoms with E-state index < -0.39 is 23.1 Å². The van der Waals surface area contributed by atoms with Crippen LogP contribution in [0.2, 0.25) is 0 Å². The lowest BCUT2D eigenvalue weighted by Crippen LogP contribution is -2.33. The minimum atomic E-state index is -0.888. The molecule has 0 fully saturated rings. The van der Waals surface area contributed by atoms with Crippen LogP contribution in [0.25, 0.3) is 10.9 Å². The van der Waals surface area contributed by atoms with Gasteiger partial charge < -0.3 is 19.8 Å². The monoisotopic (exact) mass is 424 g/mol. The van der Waals surface area contributed by atoms with Crippen LogP contribution in [0.3, 0.4) is 0 Å². The number of nitrogens with zero attached hydrogens (tertiary/aromatic N) is 1. The SMILES string of the molecule is O=C(Cc1ccc2c(c1)OCO2)Nc1cccc2[nH]c(=O)c(C(=O)NC[N+](=O)[O-])cc12. The Morgan fingerprint density at radius 2 is 1.94 bits per heavy atom. The molecule has 0 aliphatic carbocycles. The van der Waals surface area contributed by atoms with Crippen LogP contribution in [0.15, 0.2) is 47.3 Å². The van der Waals surface area contributed by atoms with E-state index in [1.54, 1.807) is 36.4 Å². The summed E-state index contributed by atoms with van der Waals surface area (Å²) in [5.74, 6) is -0.0262. The van der Waals surface area contributed by atoms with Crippen molar-refractivity contribution >= 4 is 28.4 Å². The smallest absolute Gasteiger partial charge is 0.277 e. The molecule has 31 heavy (non-hydrogen) atoms. The molecule has 0 spiro atoms. The van der Waals surface area contributed by atoms with Crippen LogP contribution < -0.4 is 25.7 Å². The van der Waals surface area contributed by atoms with Gasteiger partial charge >= 0.3 is 0 Å². The summed E-state index contributed by atoms with van der Waals surface area (Å²) in [6.07, 6.45) is 0.0621. The largest absolute Gasteiger partial charge is 0.454 e. The second-order valence-electron chi connectivity index (χ2n) is 6.69. The first-order chi connectivity index (χ1) is 14.9. The van der Waals surface area contributed by atoms with Crippen molar-refractivity contribution in [3.05, 3.63) is 74.1 Å². The zero-order valence-corrected chi connectivity index (χ0v) is 16.0. The van der Waals surface area contributed by atoms with E-state index in [0.717, 1.165) is 5.56 Å². The lowest BCUT2D eigenvalue weighted by molar-refractivity contribution is -0.483. The lowest BCUT2D eigenvalue weighted by Gasteiger charge is -2.10. The maximum absolute atomic E-state index is 12.6. The van der Waals surface area contributed by atoms with Crippen molar-refractivity contribution in [1.82, 2.24) is 10.3 Å². The Morgan fingerprint density at radius 3 is 2.74 bits per heavy atom. The Kier molecular flexibility index (Phi) is 5.22. The van der Waals surface area contributed by atoms with Gasteiger partial charge in [-0.3, -0.25) is 29.8 Å². The van der Waals surface area contributed by atoms with E-state index in [-0.39, 0.29) is 24.7 Å². The number of carbonyl (C=O) groups excluding carboxylic acids is 2. The number of nitrogens with one attached hydrogen (secondary N) is 3. The molecule has 0 saturated heterocycles. The molecule has 2 amide bonds. The van der Waals surface area contributed by atoms with Crippen molar-refractivity contribution < 1.29 is 24.0 Å². The Bertz CT molecular complexity index is 1270. The van der Waals surface area contributed by atoms with Crippen LogP contribution in [0.5, 0.6) is 11.5 Å². The Hall–Kier alpha value is -4.41. The number of H-pyrrole nitrogens is 1. The molecule has 1 aromatic heterocycles. The van der Waals surface area contributed by atoms with Gasteiger partial charge in [0.15, 0.2) is 11.5 Å². The number of hydrogen-bond donors (Lipinski definition) is 3. The van der Waals surface area contributed by atoms with Gasteiger partial charge in [0.1, 0.15) is 5.56 Å². The van der Waals surface area contributed by atoms with Crippen LogP contribution >= 0.6 is 0 Å². The standard InChI is InChI=1S/C20H16N4O7/c25-18(7-11-4-5-16-17(6-11)31-10-30-16)22-14-2-1-3-15-12(14)8-13(20(27)23-15)19(26)21-9-24(28)29/h1-6,8H,7,9-10H2,(H,21,26)(H,22,25)(H,23,27). The summed E-state index contributed by atoms with van der Waals surface area (Å²) in [6.45, 7) is -0.680. The Morgan fingerprint density at radius 1 is 1.13 bits per heavy atom. The number of amides is 2. The number of ether oxygens (including phenoxy) is 2. The van der Waals surface area contributed by atoms with Crippen molar-refractivity contribution in [1.29, 1.82) is 0 Å². The van der Waals surface area contributed by atoms with Crippen molar-refractivity contribution in [2.24, 2.45) is 0 Å². The molecule has 0 saturated carbocycles. The molecule has 11 heteroatoms. The summed E-state index contributed by atoms with van der Waals surface area (Å²) in [6, 6.07) is 11.4. The molecule has 158 valence electrons. The number of hydrogen-bond acceptors (Lipinski definition) is 7. The Balaban J connectivity index is 1.57. The van der Waals surface area contributed by atoms with E-state index >= 15 is 0 Å². The highest BCUT2D eigenvalue weighted by molar-refractivity contribution is 6.04. The van der Waals surface area contributed by atoms with Gasteiger partial charge in [-0.25, -0.2) is 0 Å². The molecule has 0 bridgehead atoms. The predicted molar refractivity (Wildman–Crippen MR) is 109 cm³/mol. The maximum Gasteiger partial charge on any atom is 0.277 e. The molecule has 11 nitrogen and oxygen atoms in total. The first kappa shape index (κ1) is 19.9. The fourth-order valence-corrected chi connectivity index (χ4v) is 3.17. The molecule has 4 rings (SSSR count). The van der Waals surface area contributed by atoms with Gasteiger partial charge in [-0.1, -0.05) is 12.1 Å². The van der Waals surface area contributed by atoms with Crippen molar-refractivity contribution in [3.63, 3.8) is 0 Å². The zero-order chi connectivity index (χ0) is 22.0. The summed E-state index contributed by atoms with van der Waals surface area (Å²) in [5.41, 5.74) is 0.499. The topological polar surface area (TPSA) is 153 Å². The fraction of sp³-hybridized carbons (Fsp3) is 0.150. The molecule has 0 unspecified atom stereocenters. The van der Waals surface area contributed by atoms with Gasteiger partial charge in [0, 0.05) is 10.3 Å². The minimum Gasteiger partial charge on any atom is -0.454 e. The second kappa shape index (κ2) is 8.14. The highest BCUT2D eigenvalue weighted by atomic mass is 16.7. The number of rotatable bonds is 6. The second-order valence-corrected chi connectivity index (χ2v) is 6.69. The first-order valence-corrected chi connectivity index (χ1v) is 9.15. The van der Waals surface area contributed by atoms with E-state index in [4.69, 9.17) is 9.47 Å². The van der Waals surface area contributed by atoms with E-state index in [1.165, 1.54) is 6.07 Å². The molecule has 0 radical (unpaired) electrons. The number of aromatic nitrogens is 1. The predicted octanol–water partition coefficient (Wildman–Crippen LogP) is 1.40. The number of nitro groups is 1. The highest BCUT2D eigenvalue weighted by Crippen LogP contribution is 2.32. The van der Waals surface area contributed by atoms with Gasteiger partial charge in [0.05, 0.1) is 17.6 Å². The summed E-state index contributed by atoms with van der Waals surface area (Å²) in [4.78, 5) is 49.2. The molecule has 1 aliphatic rings. The maximum atomic E-state index is 12.6. The average Bonchev–Trinajstić information content (AvgIpc) is 3.19. The quantitative estimate of drug-likeness (QED) is 0.307. The molecular weight excluding hydrogens is 408 g/mol. The van der Waals surface area contributed by atoms with Gasteiger partial charge in [-0.05, 0) is 35.9 Å². The van der Waals surface area contributed by atoms with E-state index in [0.29, 0.717) is 28.1 Å². The highest BCUT2D eigenvalue weighted by Gasteiger charge is 2.17. The van der Waals surface area contributed by atoms with Crippen LogP contribution in [0, 0.1) is 10.1 Å². The average molecular weight is 424 g/mol. The Labute approximate surface area is 174 Å². The van der Waals surface area contributed by atoms with Gasteiger partial charge in [-0.2, -0.15) is 0 Å². The summed E-state index contributed by atoms with van der Waals surface area (Å²) >= 11 is 0. The van der Waals surface area contributed by atoms with E-state index in [1.807, 2.05) is 5.32 Å². The van der Waals surface area contributed by atoms with Crippen LogP contribution in [0.1, 0.15) is 15.9 Å². The normalized spacial score (nSPS) is 11.9. The molecule has 3 N–H and O–H groups in total.